The van der Waals surface area contributed by atoms with Crippen molar-refractivity contribution in [3.63, 3.8) is 0 Å². The molecule has 222 valence electrons. The highest BCUT2D eigenvalue weighted by atomic mass is 32.1. The second-order valence-electron chi connectivity index (χ2n) is 11.0. The maximum absolute atomic E-state index is 14.0. The molecule has 2 atom stereocenters. The van der Waals surface area contributed by atoms with Crippen molar-refractivity contribution in [2.45, 2.75) is 71.4 Å². The number of amides is 2. The number of ether oxygens (including phenoxy) is 1. The van der Waals surface area contributed by atoms with Gasteiger partial charge in [0.15, 0.2) is 5.69 Å². The second kappa shape index (κ2) is 12.0. The van der Waals surface area contributed by atoms with Gasteiger partial charge in [-0.05, 0) is 57.4 Å². The van der Waals surface area contributed by atoms with E-state index >= 15 is 0 Å². The molecule has 1 aliphatic rings. The molecule has 0 aliphatic carbocycles. The van der Waals surface area contributed by atoms with E-state index in [1.165, 1.54) is 28.3 Å². The average Bonchev–Trinajstić information content (AvgIpc) is 3.54. The van der Waals surface area contributed by atoms with E-state index in [1.807, 2.05) is 0 Å². The summed E-state index contributed by atoms with van der Waals surface area (Å²) in [6, 6.07) is 10.2. The lowest BCUT2D eigenvalue weighted by molar-refractivity contribution is -0.141. The van der Waals surface area contributed by atoms with E-state index in [0.717, 1.165) is 10.4 Å². The molecule has 0 saturated heterocycles. The van der Waals surface area contributed by atoms with Crippen molar-refractivity contribution in [1.29, 1.82) is 5.26 Å². The molecule has 0 radical (unpaired) electrons. The Morgan fingerprint density at radius 3 is 2.60 bits per heavy atom. The molecular weight excluding hydrogens is 567 g/mol. The zero-order valence-electron chi connectivity index (χ0n) is 24.0. The van der Waals surface area contributed by atoms with Crippen LogP contribution in [0.4, 0.5) is 18.0 Å². The van der Waals surface area contributed by atoms with Gasteiger partial charge in [0.25, 0.3) is 0 Å². The van der Waals surface area contributed by atoms with E-state index < -0.39 is 35.5 Å². The summed E-state index contributed by atoms with van der Waals surface area (Å²) in [6.45, 7) is 9.36. The molecule has 0 spiro atoms. The zero-order chi connectivity index (χ0) is 30.8. The molecule has 1 aromatic carbocycles. The predicted octanol–water partition coefficient (Wildman–Crippen LogP) is 6.47. The van der Waals surface area contributed by atoms with Gasteiger partial charge >= 0.3 is 12.3 Å². The highest BCUT2D eigenvalue weighted by Crippen LogP contribution is 2.44. The number of aromatic nitrogens is 2. The van der Waals surface area contributed by atoms with Crippen LogP contribution in [-0.2, 0) is 28.8 Å². The maximum atomic E-state index is 14.0. The summed E-state index contributed by atoms with van der Waals surface area (Å²) in [5.41, 5.74) is 0.0993. The molecule has 3 heterocycles. The molecule has 2 aromatic heterocycles. The Hall–Kier alpha value is -4.11. The van der Waals surface area contributed by atoms with Crippen molar-refractivity contribution < 1.29 is 27.5 Å². The zero-order valence-corrected chi connectivity index (χ0v) is 24.8. The van der Waals surface area contributed by atoms with E-state index in [2.05, 4.69) is 16.5 Å². The van der Waals surface area contributed by atoms with Crippen molar-refractivity contribution in [3.05, 3.63) is 75.3 Å². The lowest BCUT2D eigenvalue weighted by atomic mass is 9.83. The summed E-state index contributed by atoms with van der Waals surface area (Å²) < 4.78 is 48.6. The van der Waals surface area contributed by atoms with Gasteiger partial charge in [-0.2, -0.15) is 23.5 Å². The van der Waals surface area contributed by atoms with E-state index in [-0.39, 0.29) is 31.1 Å². The quantitative estimate of drug-likeness (QED) is 0.328. The van der Waals surface area contributed by atoms with E-state index in [1.54, 1.807) is 75.9 Å². The summed E-state index contributed by atoms with van der Waals surface area (Å²) in [5, 5.41) is 16.0. The molecule has 0 bridgehead atoms. The van der Waals surface area contributed by atoms with E-state index in [4.69, 9.17) is 4.74 Å². The standard InChI is InChI=1S/C30H32F3N5O3S/c1-6-38-16-24(27(36-38)30(31,32)33)21-10-8-7-9-20(21)23-15-37(17-25-22(23)13-19(14-34)42-25)26(39)12-11-18(2)35-28(40)41-29(3,4)5/h7-13,16,18,23H,6,15,17H2,1-5H3,(H,35,40)/b12-11+/t18-,23+/m1/s1. The molecule has 12 heteroatoms. The van der Waals surface area contributed by atoms with Crippen molar-refractivity contribution in [2.24, 2.45) is 0 Å². The monoisotopic (exact) mass is 599 g/mol. The van der Waals surface area contributed by atoms with Gasteiger partial charge < -0.3 is 15.0 Å². The van der Waals surface area contributed by atoms with Crippen molar-refractivity contribution in [1.82, 2.24) is 20.0 Å². The molecule has 8 nitrogen and oxygen atoms in total. The number of fused-ring (bicyclic) bond motifs is 1. The molecule has 1 aliphatic heterocycles. The van der Waals surface area contributed by atoms with Crippen LogP contribution in [0.15, 0.2) is 48.7 Å². The number of halogens is 3. The molecule has 3 aromatic rings. The van der Waals surface area contributed by atoms with E-state index in [9.17, 15) is 28.0 Å². The SMILES string of the molecule is CCn1cc(-c2ccccc2[C@@H]2CN(C(=O)/C=C/[C@@H](C)NC(=O)OC(C)(C)C)Cc3sc(C#N)cc32)c(C(F)(F)F)n1. The summed E-state index contributed by atoms with van der Waals surface area (Å²) in [7, 11) is 0. The van der Waals surface area contributed by atoms with Gasteiger partial charge in [-0.1, -0.05) is 30.3 Å². The van der Waals surface area contributed by atoms with Crippen LogP contribution >= 0.6 is 11.3 Å². The number of alkyl carbamates (subject to hydrolysis) is 1. The summed E-state index contributed by atoms with van der Waals surface area (Å²) in [5.74, 6) is -0.813. The Labute approximate surface area is 246 Å². The molecule has 0 saturated carbocycles. The second-order valence-corrected chi connectivity index (χ2v) is 12.1. The van der Waals surface area contributed by atoms with Crippen molar-refractivity contribution in [3.8, 4) is 17.2 Å². The number of thiophene rings is 1. The Balaban J connectivity index is 1.67. The number of nitriles is 1. The lowest BCUT2D eigenvalue weighted by Crippen LogP contribution is -2.38. The number of hydrogen-bond donors (Lipinski definition) is 1. The Kier molecular flexibility index (Phi) is 8.82. The third kappa shape index (κ3) is 7.02. The number of nitrogens with zero attached hydrogens (tertiary/aromatic N) is 4. The Morgan fingerprint density at radius 2 is 1.95 bits per heavy atom. The van der Waals surface area contributed by atoms with Crippen LogP contribution in [0.3, 0.4) is 0 Å². The van der Waals surface area contributed by atoms with Crippen LogP contribution < -0.4 is 5.32 Å². The van der Waals surface area contributed by atoms with Gasteiger partial charge in [-0.15, -0.1) is 11.3 Å². The van der Waals surface area contributed by atoms with Gasteiger partial charge in [-0.3, -0.25) is 9.48 Å². The fraction of sp³-hybridized carbons (Fsp3) is 0.400. The van der Waals surface area contributed by atoms with Gasteiger partial charge in [-0.25, -0.2) is 4.79 Å². The average molecular weight is 600 g/mol. The Morgan fingerprint density at radius 1 is 1.24 bits per heavy atom. The highest BCUT2D eigenvalue weighted by molar-refractivity contribution is 7.12. The first-order valence-electron chi connectivity index (χ1n) is 13.4. The molecule has 0 unspecified atom stereocenters. The third-order valence-corrected chi connectivity index (χ3v) is 7.67. The number of carbonyl (C=O) groups excluding carboxylic acids is 2. The molecule has 2 amide bonds. The fourth-order valence-electron chi connectivity index (χ4n) is 4.82. The van der Waals surface area contributed by atoms with Crippen LogP contribution in [0.25, 0.3) is 11.1 Å². The molecule has 0 fully saturated rings. The minimum atomic E-state index is -4.66. The molecule has 42 heavy (non-hydrogen) atoms. The third-order valence-electron chi connectivity index (χ3n) is 6.63. The largest absolute Gasteiger partial charge is 0.444 e. The minimum absolute atomic E-state index is 0.0392. The van der Waals surface area contributed by atoms with Crippen molar-refractivity contribution >= 4 is 23.3 Å². The first-order chi connectivity index (χ1) is 19.7. The molecular formula is C30H32F3N5O3S. The first-order valence-corrected chi connectivity index (χ1v) is 14.2. The smallest absolute Gasteiger partial charge is 0.435 e. The maximum Gasteiger partial charge on any atom is 0.435 e. The van der Waals surface area contributed by atoms with Gasteiger partial charge in [0.2, 0.25) is 5.91 Å². The predicted molar refractivity (Wildman–Crippen MR) is 153 cm³/mol. The van der Waals surface area contributed by atoms with E-state index in [0.29, 0.717) is 16.0 Å². The number of nitrogens with one attached hydrogen (secondary N) is 1. The number of rotatable bonds is 6. The lowest BCUT2D eigenvalue weighted by Gasteiger charge is -2.33. The minimum Gasteiger partial charge on any atom is -0.444 e. The van der Waals surface area contributed by atoms with Crippen LogP contribution in [0.1, 0.15) is 67.1 Å². The van der Waals surface area contributed by atoms with Crippen molar-refractivity contribution in [2.75, 3.05) is 6.54 Å². The van der Waals surface area contributed by atoms with Gasteiger partial charge in [0.1, 0.15) is 16.5 Å². The Bertz CT molecular complexity index is 1540. The number of carbonyl (C=O) groups is 2. The van der Waals surface area contributed by atoms with Crippen LogP contribution in [0.2, 0.25) is 0 Å². The van der Waals surface area contributed by atoms with Crippen LogP contribution in [0.5, 0.6) is 0 Å². The van der Waals surface area contributed by atoms with Gasteiger partial charge in [0.05, 0.1) is 6.54 Å². The molecule has 1 N–H and O–H groups in total. The number of aryl methyl sites for hydroxylation is 1. The van der Waals surface area contributed by atoms with Crippen LogP contribution in [-0.4, -0.2) is 44.9 Å². The molecule has 4 rings (SSSR count). The van der Waals surface area contributed by atoms with Crippen LogP contribution in [0, 0.1) is 11.3 Å². The number of hydrogen-bond acceptors (Lipinski definition) is 6. The van der Waals surface area contributed by atoms with Gasteiger partial charge in [0, 0.05) is 47.8 Å². The number of benzene rings is 1. The normalized spacial score (nSPS) is 16.2. The highest BCUT2D eigenvalue weighted by Gasteiger charge is 2.39. The number of alkyl halides is 3. The fourth-order valence-corrected chi connectivity index (χ4v) is 5.85. The summed E-state index contributed by atoms with van der Waals surface area (Å²) in [4.78, 5) is 28.3. The summed E-state index contributed by atoms with van der Waals surface area (Å²) >= 11 is 1.26. The summed E-state index contributed by atoms with van der Waals surface area (Å²) in [6.07, 6.45) is -0.965. The topological polar surface area (TPSA) is 100 Å². The first kappa shape index (κ1) is 30.8.